The summed E-state index contributed by atoms with van der Waals surface area (Å²) in [7, 11) is 0. The standard InChI is InChI=1S/C15H22N2O3/c1-9(2)5-19-6-10-3-13(16)15(18)17(4-10)14-11-7-20-8-12(11)14/h3-4,9,11-12,14H,5-8,16H2,1-2H3/t11-,12+,14?. The van der Waals surface area contributed by atoms with Gasteiger partial charge in [-0.2, -0.15) is 0 Å². The van der Waals surface area contributed by atoms with Crippen molar-refractivity contribution in [3.8, 4) is 0 Å². The van der Waals surface area contributed by atoms with Crippen LogP contribution in [0.25, 0.3) is 0 Å². The summed E-state index contributed by atoms with van der Waals surface area (Å²) in [6, 6.07) is 2.00. The summed E-state index contributed by atoms with van der Waals surface area (Å²) in [5.74, 6) is 1.47. The topological polar surface area (TPSA) is 66.5 Å². The molecule has 0 amide bonds. The van der Waals surface area contributed by atoms with Crippen molar-refractivity contribution in [2.24, 2.45) is 17.8 Å². The third kappa shape index (κ3) is 2.47. The van der Waals surface area contributed by atoms with Crippen molar-refractivity contribution in [3.63, 3.8) is 0 Å². The van der Waals surface area contributed by atoms with Gasteiger partial charge in [0.2, 0.25) is 0 Å². The number of nitrogen functional groups attached to an aromatic ring is 1. The Morgan fingerprint density at radius 3 is 2.80 bits per heavy atom. The maximum atomic E-state index is 12.2. The van der Waals surface area contributed by atoms with Crippen LogP contribution < -0.4 is 11.3 Å². The quantitative estimate of drug-likeness (QED) is 0.884. The number of anilines is 1. The number of fused-ring (bicyclic) bond motifs is 1. The number of aromatic nitrogens is 1. The summed E-state index contributed by atoms with van der Waals surface area (Å²) in [5.41, 5.74) is 7.04. The average molecular weight is 278 g/mol. The lowest BCUT2D eigenvalue weighted by Crippen LogP contribution is -2.25. The molecular formula is C15H22N2O3. The molecule has 0 bridgehead atoms. The molecule has 5 heteroatoms. The smallest absolute Gasteiger partial charge is 0.273 e. The zero-order chi connectivity index (χ0) is 14.3. The molecule has 2 fully saturated rings. The second-order valence-electron chi connectivity index (χ2n) is 6.28. The fourth-order valence-corrected chi connectivity index (χ4v) is 3.02. The molecular weight excluding hydrogens is 256 g/mol. The van der Waals surface area contributed by atoms with E-state index in [9.17, 15) is 4.79 Å². The zero-order valence-electron chi connectivity index (χ0n) is 12.0. The first-order valence-corrected chi connectivity index (χ1v) is 7.24. The molecule has 20 heavy (non-hydrogen) atoms. The van der Waals surface area contributed by atoms with Gasteiger partial charge < -0.3 is 19.8 Å². The van der Waals surface area contributed by atoms with Crippen LogP contribution in [0.4, 0.5) is 5.69 Å². The number of ether oxygens (including phenoxy) is 2. The van der Waals surface area contributed by atoms with Crippen LogP contribution >= 0.6 is 0 Å². The third-order valence-corrected chi connectivity index (χ3v) is 4.08. The van der Waals surface area contributed by atoms with E-state index in [1.54, 1.807) is 10.6 Å². The number of hydrogen-bond donors (Lipinski definition) is 1. The lowest BCUT2D eigenvalue weighted by Gasteiger charge is -2.13. The molecule has 3 rings (SSSR count). The van der Waals surface area contributed by atoms with Gasteiger partial charge in [-0.1, -0.05) is 13.8 Å². The Morgan fingerprint density at radius 2 is 2.15 bits per heavy atom. The van der Waals surface area contributed by atoms with Gasteiger partial charge in [-0.25, -0.2) is 0 Å². The Balaban J connectivity index is 1.76. The predicted molar refractivity (Wildman–Crippen MR) is 76.4 cm³/mol. The van der Waals surface area contributed by atoms with E-state index < -0.39 is 0 Å². The van der Waals surface area contributed by atoms with Crippen LogP contribution in [0.2, 0.25) is 0 Å². The van der Waals surface area contributed by atoms with Crippen molar-refractivity contribution in [3.05, 3.63) is 28.2 Å². The first-order valence-electron chi connectivity index (χ1n) is 7.24. The number of hydrogen-bond acceptors (Lipinski definition) is 4. The fraction of sp³-hybridized carbons (Fsp3) is 0.667. The highest BCUT2D eigenvalue weighted by Crippen LogP contribution is 2.53. The Hall–Kier alpha value is -1.33. The van der Waals surface area contributed by atoms with Crippen molar-refractivity contribution in [2.75, 3.05) is 25.6 Å². The highest BCUT2D eigenvalue weighted by Gasteiger charge is 2.55. The highest BCUT2D eigenvalue weighted by molar-refractivity contribution is 5.38. The molecule has 0 aromatic carbocycles. The van der Waals surface area contributed by atoms with Crippen LogP contribution in [0.5, 0.6) is 0 Å². The highest BCUT2D eigenvalue weighted by atomic mass is 16.5. The van der Waals surface area contributed by atoms with Crippen LogP contribution in [0.1, 0.15) is 25.5 Å². The van der Waals surface area contributed by atoms with E-state index in [0.29, 0.717) is 36.7 Å². The summed E-state index contributed by atoms with van der Waals surface area (Å²) < 4.78 is 12.8. The van der Waals surface area contributed by atoms with Crippen molar-refractivity contribution in [2.45, 2.75) is 26.5 Å². The first-order chi connectivity index (χ1) is 9.58. The fourth-order valence-electron chi connectivity index (χ4n) is 3.02. The Kier molecular flexibility index (Phi) is 3.56. The average Bonchev–Trinajstić information content (AvgIpc) is 2.86. The molecule has 1 aliphatic heterocycles. The molecule has 0 radical (unpaired) electrons. The van der Waals surface area contributed by atoms with Crippen LogP contribution in [-0.2, 0) is 16.1 Å². The largest absolute Gasteiger partial charge is 0.394 e. The van der Waals surface area contributed by atoms with Crippen LogP contribution in [0.3, 0.4) is 0 Å². The molecule has 5 nitrogen and oxygen atoms in total. The van der Waals surface area contributed by atoms with Gasteiger partial charge in [-0.3, -0.25) is 4.79 Å². The van der Waals surface area contributed by atoms with Gasteiger partial charge in [0.15, 0.2) is 0 Å². The first kappa shape index (κ1) is 13.6. The molecule has 2 aliphatic rings. The van der Waals surface area contributed by atoms with Crippen molar-refractivity contribution in [1.82, 2.24) is 4.57 Å². The predicted octanol–water partition coefficient (Wildman–Crippen LogP) is 1.42. The zero-order valence-corrected chi connectivity index (χ0v) is 12.0. The SMILES string of the molecule is CC(C)COCc1cc(N)c(=O)n(C2[C@H]3COC[C@@H]23)c1. The second kappa shape index (κ2) is 5.22. The van der Waals surface area contributed by atoms with E-state index in [-0.39, 0.29) is 11.6 Å². The molecule has 1 aromatic rings. The Bertz CT molecular complexity index is 543. The van der Waals surface area contributed by atoms with Crippen LogP contribution in [0.15, 0.2) is 17.1 Å². The number of pyridine rings is 1. The molecule has 2 heterocycles. The van der Waals surface area contributed by atoms with Gasteiger partial charge in [0.05, 0.1) is 25.5 Å². The lowest BCUT2D eigenvalue weighted by molar-refractivity contribution is 0.0965. The number of rotatable bonds is 5. The van der Waals surface area contributed by atoms with Gasteiger partial charge >= 0.3 is 0 Å². The molecule has 2 N–H and O–H groups in total. The number of nitrogens with two attached hydrogens (primary N) is 1. The lowest BCUT2D eigenvalue weighted by atomic mass is 10.2. The van der Waals surface area contributed by atoms with E-state index in [1.165, 1.54) is 0 Å². The molecule has 1 aromatic heterocycles. The van der Waals surface area contributed by atoms with Crippen molar-refractivity contribution < 1.29 is 9.47 Å². The van der Waals surface area contributed by atoms with E-state index in [1.807, 2.05) is 6.20 Å². The normalized spacial score (nSPS) is 27.9. The monoisotopic (exact) mass is 278 g/mol. The summed E-state index contributed by atoms with van der Waals surface area (Å²) in [6.45, 7) is 6.95. The minimum atomic E-state index is -0.0861. The second-order valence-corrected chi connectivity index (χ2v) is 6.28. The van der Waals surface area contributed by atoms with Gasteiger partial charge in [0, 0.05) is 30.7 Å². The molecule has 1 saturated carbocycles. The van der Waals surface area contributed by atoms with Gasteiger partial charge in [0.1, 0.15) is 0 Å². The van der Waals surface area contributed by atoms with Crippen LogP contribution in [-0.4, -0.2) is 24.4 Å². The minimum absolute atomic E-state index is 0.0861. The Morgan fingerprint density at radius 1 is 1.45 bits per heavy atom. The summed E-state index contributed by atoms with van der Waals surface area (Å²) in [6.07, 6.45) is 1.90. The van der Waals surface area contributed by atoms with Gasteiger partial charge in [0.25, 0.3) is 5.56 Å². The van der Waals surface area contributed by atoms with E-state index in [2.05, 4.69) is 13.8 Å². The summed E-state index contributed by atoms with van der Waals surface area (Å²) in [4.78, 5) is 12.2. The van der Waals surface area contributed by atoms with Crippen molar-refractivity contribution >= 4 is 5.69 Å². The van der Waals surface area contributed by atoms with E-state index in [4.69, 9.17) is 15.2 Å². The number of nitrogens with zero attached hydrogens (tertiary/aromatic N) is 1. The molecule has 1 saturated heterocycles. The Labute approximate surface area is 118 Å². The molecule has 110 valence electrons. The molecule has 1 aliphatic carbocycles. The van der Waals surface area contributed by atoms with Crippen LogP contribution in [0, 0.1) is 17.8 Å². The maximum absolute atomic E-state index is 12.2. The minimum Gasteiger partial charge on any atom is -0.394 e. The summed E-state index contributed by atoms with van der Waals surface area (Å²) in [5, 5.41) is 0. The van der Waals surface area contributed by atoms with E-state index >= 15 is 0 Å². The molecule has 0 spiro atoms. The van der Waals surface area contributed by atoms with Crippen molar-refractivity contribution in [1.29, 1.82) is 0 Å². The maximum Gasteiger partial charge on any atom is 0.273 e. The van der Waals surface area contributed by atoms with Gasteiger partial charge in [-0.05, 0) is 17.5 Å². The molecule has 1 unspecified atom stereocenters. The van der Waals surface area contributed by atoms with Gasteiger partial charge in [-0.15, -0.1) is 0 Å². The summed E-state index contributed by atoms with van der Waals surface area (Å²) >= 11 is 0. The van der Waals surface area contributed by atoms with E-state index in [0.717, 1.165) is 18.8 Å². The molecule has 3 atom stereocenters. The third-order valence-electron chi connectivity index (χ3n) is 4.08.